The van der Waals surface area contributed by atoms with E-state index in [-0.39, 0.29) is 69.7 Å². The first-order chi connectivity index (χ1) is 46.5. The van der Waals surface area contributed by atoms with Gasteiger partial charge in [-0.05, 0) is 57.3 Å². The van der Waals surface area contributed by atoms with Crippen molar-refractivity contribution in [2.45, 2.75) is 300 Å². The Morgan fingerprint density at radius 3 is 1.64 bits per heavy atom. The van der Waals surface area contributed by atoms with E-state index in [2.05, 4.69) is 40.1 Å². The lowest BCUT2D eigenvalue weighted by Gasteiger charge is -2.30. The number of hydrogen-bond donors (Lipinski definition) is 10. The second kappa shape index (κ2) is 54.4. The standard InChI is InChI=1S/C68H122N9O18PS/c1-3-5-7-9-11-13-15-17-19-21-23-25-27-29-31-35-61(82)92-48-53(95-62(83)36-32-30-28-26-24-22-20-18-16-14-12-10-8-6-4-2)49-94-96(90,91)93-43-42-72-63(84)52-39-37-51(38-40-52)47-77-59(79)45-57(66(77)87)97-50-56(67(88)89)76-65(86)55(44-60(80)81)75-58(78)46-74-64(85)54(69)34-33-41-73-68(70)71/h51-57H,3-50,69H2,1-2H3,(H,72,84)(H,74,85)(H,75,78)(H,76,86)(H,80,81)(H,88,89)(H,90,91)(H4,70,71,73)/t51?,52?,53-,54+,55+,56+,57?/m1/s1. The van der Waals surface area contributed by atoms with E-state index in [0.717, 1.165) is 61.6 Å². The number of phosphoric acid groups is 1. The SMILES string of the molecule is CCCCCCCCCCCCCCCCCC(=O)OC[C@H](COP(=O)(O)OCCNC(=O)C1CCC(CN2C(=O)CC(SC[C@H](NC(=O)[C@H](CC(=O)O)NC(=O)CNC(=O)[C@@H](N)CCCN=C(N)N)C(=O)O)C2=O)CC1)OC(=O)CCCCCCCCCCCCCCCCC. The van der Waals surface area contributed by atoms with Crippen LogP contribution in [0.5, 0.6) is 0 Å². The molecule has 13 N–H and O–H groups in total. The summed E-state index contributed by atoms with van der Waals surface area (Å²) >= 11 is 0.811. The fourth-order valence-electron chi connectivity index (χ4n) is 11.7. The van der Waals surface area contributed by atoms with Gasteiger partial charge in [0.1, 0.15) is 18.7 Å². The Morgan fingerprint density at radius 2 is 1.14 bits per heavy atom. The lowest BCUT2D eigenvalue weighted by molar-refractivity contribution is -0.161. The molecule has 558 valence electrons. The van der Waals surface area contributed by atoms with Gasteiger partial charge in [-0.25, -0.2) is 9.36 Å². The summed E-state index contributed by atoms with van der Waals surface area (Å²) in [5.41, 5.74) is 16.4. The summed E-state index contributed by atoms with van der Waals surface area (Å²) in [6.07, 6.45) is 35.8. The molecule has 2 unspecified atom stereocenters. The number of hydrogen-bond acceptors (Lipinski definition) is 18. The first-order valence-corrected chi connectivity index (χ1v) is 38.9. The third kappa shape index (κ3) is 44.4. The molecule has 0 aromatic heterocycles. The van der Waals surface area contributed by atoms with Crippen LogP contribution in [0.15, 0.2) is 4.99 Å². The van der Waals surface area contributed by atoms with Crippen LogP contribution in [0.3, 0.4) is 0 Å². The van der Waals surface area contributed by atoms with Crippen molar-refractivity contribution in [1.82, 2.24) is 26.2 Å². The van der Waals surface area contributed by atoms with Crippen LogP contribution in [0.4, 0.5) is 0 Å². The third-order valence-electron chi connectivity index (χ3n) is 17.5. The number of esters is 2. The molecule has 0 aromatic carbocycles. The number of likely N-dealkylation sites (tertiary alicyclic amines) is 1. The van der Waals surface area contributed by atoms with Gasteiger partial charge in [-0.2, -0.15) is 0 Å². The molecule has 1 aliphatic carbocycles. The van der Waals surface area contributed by atoms with Gasteiger partial charge in [-0.15, -0.1) is 11.8 Å². The number of aliphatic imine (C=N–C) groups is 1. The van der Waals surface area contributed by atoms with Gasteiger partial charge in [0.05, 0.1) is 37.5 Å². The van der Waals surface area contributed by atoms with E-state index in [1.54, 1.807) is 0 Å². The zero-order valence-electron chi connectivity index (χ0n) is 58.4. The number of carbonyl (C=O) groups excluding carboxylic acids is 8. The summed E-state index contributed by atoms with van der Waals surface area (Å²) in [6.45, 7) is 2.55. The van der Waals surface area contributed by atoms with Crippen molar-refractivity contribution < 1.29 is 86.1 Å². The summed E-state index contributed by atoms with van der Waals surface area (Å²) in [4.78, 5) is 143. The van der Waals surface area contributed by atoms with Gasteiger partial charge >= 0.3 is 31.7 Å². The number of carboxylic acids is 2. The first-order valence-electron chi connectivity index (χ1n) is 36.4. The Hall–Kier alpha value is -5.41. The van der Waals surface area contributed by atoms with Crippen molar-refractivity contribution >= 4 is 84.9 Å². The Balaban J connectivity index is 1.80. The Kier molecular flexibility index (Phi) is 49.2. The molecule has 0 bridgehead atoms. The first kappa shape index (κ1) is 87.7. The van der Waals surface area contributed by atoms with Crippen molar-refractivity contribution in [3.05, 3.63) is 0 Å². The van der Waals surface area contributed by atoms with Crippen LogP contribution in [0.1, 0.15) is 271 Å². The molecule has 2 rings (SSSR count). The van der Waals surface area contributed by atoms with Crippen molar-refractivity contribution in [2.24, 2.45) is 34.0 Å². The zero-order valence-corrected chi connectivity index (χ0v) is 60.1. The van der Waals surface area contributed by atoms with E-state index in [9.17, 15) is 67.6 Å². The fourth-order valence-corrected chi connectivity index (χ4v) is 13.6. The molecule has 97 heavy (non-hydrogen) atoms. The number of nitrogens with one attached hydrogen (secondary N) is 4. The number of carboxylic acid groups (broad SMARTS) is 2. The molecule has 27 nitrogen and oxygen atoms in total. The highest BCUT2D eigenvalue weighted by Crippen LogP contribution is 2.43. The van der Waals surface area contributed by atoms with E-state index < -0.39 is 129 Å². The van der Waals surface area contributed by atoms with Gasteiger partial charge in [0.15, 0.2) is 12.1 Å². The average Bonchev–Trinajstić information content (AvgIpc) is 1.69. The van der Waals surface area contributed by atoms with Gasteiger partial charge < -0.3 is 63.0 Å². The molecule has 1 aliphatic heterocycles. The smallest absolute Gasteiger partial charge is 0.472 e. The van der Waals surface area contributed by atoms with Crippen LogP contribution >= 0.6 is 19.6 Å². The summed E-state index contributed by atoms with van der Waals surface area (Å²) < 4.78 is 34.5. The van der Waals surface area contributed by atoms with Gasteiger partial charge in [0.2, 0.25) is 35.4 Å². The molecular weight excluding hydrogens is 1290 g/mol. The number of unbranched alkanes of at least 4 members (excludes halogenated alkanes) is 28. The predicted molar refractivity (Wildman–Crippen MR) is 372 cm³/mol. The van der Waals surface area contributed by atoms with E-state index >= 15 is 0 Å². The maximum Gasteiger partial charge on any atom is 0.472 e. The number of imide groups is 1. The second-order valence-corrected chi connectivity index (χ2v) is 28.7. The van der Waals surface area contributed by atoms with Gasteiger partial charge in [0.25, 0.3) is 0 Å². The third-order valence-corrected chi connectivity index (χ3v) is 19.8. The number of ether oxygens (including phenoxy) is 2. The number of thioether (sulfide) groups is 1. The highest BCUT2D eigenvalue weighted by Gasteiger charge is 2.42. The van der Waals surface area contributed by atoms with Crippen LogP contribution in [0.2, 0.25) is 0 Å². The van der Waals surface area contributed by atoms with Crippen molar-refractivity contribution in [1.29, 1.82) is 0 Å². The summed E-state index contributed by atoms with van der Waals surface area (Å²) in [5, 5.41) is 27.7. The van der Waals surface area contributed by atoms with Crippen LogP contribution in [0.25, 0.3) is 0 Å². The number of phosphoric ester groups is 1. The summed E-state index contributed by atoms with van der Waals surface area (Å²) in [6, 6.07) is -4.47. The lowest BCUT2D eigenvalue weighted by atomic mass is 9.81. The minimum atomic E-state index is -4.75. The predicted octanol–water partition coefficient (Wildman–Crippen LogP) is 8.91. The van der Waals surface area contributed by atoms with Crippen molar-refractivity contribution in [3.8, 4) is 0 Å². The molecule has 6 amide bonds. The number of guanidine groups is 1. The average molecular weight is 1420 g/mol. The maximum absolute atomic E-state index is 13.5. The van der Waals surface area contributed by atoms with Gasteiger partial charge in [-0.3, -0.25) is 62.1 Å². The van der Waals surface area contributed by atoms with E-state index in [4.69, 9.17) is 35.7 Å². The summed E-state index contributed by atoms with van der Waals surface area (Å²) in [5.74, 6) is -9.43. The van der Waals surface area contributed by atoms with E-state index in [1.165, 1.54) is 135 Å². The van der Waals surface area contributed by atoms with Crippen LogP contribution in [0, 0.1) is 11.8 Å². The molecule has 0 aromatic rings. The molecule has 2 fully saturated rings. The van der Waals surface area contributed by atoms with Crippen LogP contribution < -0.4 is 38.5 Å². The van der Waals surface area contributed by atoms with Gasteiger partial charge in [-0.1, -0.05) is 194 Å². The van der Waals surface area contributed by atoms with Crippen molar-refractivity contribution in [2.75, 3.05) is 51.8 Å². The number of rotatable bonds is 61. The molecule has 0 radical (unpaired) electrons. The maximum atomic E-state index is 13.5. The molecule has 1 saturated carbocycles. The Morgan fingerprint density at radius 1 is 0.639 bits per heavy atom. The lowest BCUT2D eigenvalue weighted by Crippen LogP contribution is -2.55. The molecular formula is C68H122N9O18PS. The highest BCUT2D eigenvalue weighted by atomic mass is 32.2. The zero-order chi connectivity index (χ0) is 71.5. The Labute approximate surface area is 580 Å². The monoisotopic (exact) mass is 1420 g/mol. The normalized spacial score (nSPS) is 17.3. The fraction of sp³-hybridized carbons (Fsp3) is 0.838. The largest absolute Gasteiger partial charge is 0.481 e. The molecule has 2 aliphatic rings. The Bertz CT molecular complexity index is 2380. The number of amides is 6. The number of nitrogens with zero attached hydrogens (tertiary/aromatic N) is 2. The van der Waals surface area contributed by atoms with Crippen molar-refractivity contribution in [3.63, 3.8) is 0 Å². The molecule has 6 atom stereocenters. The highest BCUT2D eigenvalue weighted by molar-refractivity contribution is 8.00. The van der Waals surface area contributed by atoms with E-state index in [1.807, 2.05) is 0 Å². The minimum Gasteiger partial charge on any atom is -0.481 e. The topological polar surface area (TPSA) is 427 Å². The number of nitrogens with two attached hydrogens (primary N) is 3. The van der Waals surface area contributed by atoms with Crippen LogP contribution in [-0.4, -0.2) is 167 Å². The van der Waals surface area contributed by atoms with Gasteiger partial charge in [0, 0.05) is 50.6 Å². The molecule has 1 saturated heterocycles. The second-order valence-electron chi connectivity index (χ2n) is 26.1. The quantitative estimate of drug-likeness (QED) is 0.00678. The summed E-state index contributed by atoms with van der Waals surface area (Å²) in [7, 11) is -4.75. The minimum absolute atomic E-state index is 0.0613. The molecule has 1 heterocycles. The van der Waals surface area contributed by atoms with E-state index in [0.29, 0.717) is 44.9 Å². The van der Waals surface area contributed by atoms with Crippen LogP contribution in [-0.2, 0) is 71.0 Å². The molecule has 0 spiro atoms. The molecule has 29 heteroatoms. The number of aliphatic carboxylic acids is 2. The number of carbonyl (C=O) groups is 10.